The normalized spacial score (nSPS) is 10.7. The number of ether oxygens (including phenoxy) is 2. The molecular weight excluding hydrogens is 268 g/mol. The summed E-state index contributed by atoms with van der Waals surface area (Å²) in [6.45, 7) is 14.6. The molecule has 0 saturated heterocycles. The first kappa shape index (κ1) is 22.2. The highest BCUT2D eigenvalue weighted by atomic mass is 16.5. The Bertz CT molecular complexity index is 279. The van der Waals surface area contributed by atoms with Gasteiger partial charge in [0.15, 0.2) is 0 Å². The Balaban J connectivity index is 0. The highest BCUT2D eigenvalue weighted by Crippen LogP contribution is 2.26. The van der Waals surface area contributed by atoms with Crippen molar-refractivity contribution in [1.29, 1.82) is 0 Å². The summed E-state index contributed by atoms with van der Waals surface area (Å²) in [5, 5.41) is 0. The Morgan fingerprint density at radius 1 is 0.857 bits per heavy atom. The van der Waals surface area contributed by atoms with Crippen LogP contribution in [0.4, 0.5) is 0 Å². The van der Waals surface area contributed by atoms with E-state index in [0.29, 0.717) is 13.2 Å². The van der Waals surface area contributed by atoms with Gasteiger partial charge in [-0.3, -0.25) is 9.59 Å². The molecule has 0 rings (SSSR count). The number of hydrogen-bond donors (Lipinski definition) is 0. The van der Waals surface area contributed by atoms with Crippen LogP contribution in [0.3, 0.4) is 0 Å². The molecule has 0 unspecified atom stereocenters. The summed E-state index contributed by atoms with van der Waals surface area (Å²) < 4.78 is 9.80. The Morgan fingerprint density at radius 2 is 1.29 bits per heavy atom. The Morgan fingerprint density at radius 3 is 1.57 bits per heavy atom. The number of hydrogen-bond acceptors (Lipinski definition) is 4. The van der Waals surface area contributed by atoms with Crippen LogP contribution in [0.1, 0.15) is 74.1 Å². The van der Waals surface area contributed by atoms with Gasteiger partial charge in [0.05, 0.1) is 24.5 Å². The first-order valence-corrected chi connectivity index (χ1v) is 8.20. The standard InChI is InChI=1S/C9H18O2.C8H16O2/c1-5-9(4,6-2)8(10)11-7-3;1-4-7(5-2)8(9)10-6-3/h5-7H2,1-4H3;7H,4-6H2,1-3H3. The van der Waals surface area contributed by atoms with E-state index >= 15 is 0 Å². The molecule has 0 aliphatic carbocycles. The molecule has 0 aromatic rings. The van der Waals surface area contributed by atoms with Gasteiger partial charge in [-0.1, -0.05) is 27.7 Å². The van der Waals surface area contributed by atoms with Gasteiger partial charge in [0.1, 0.15) is 0 Å². The molecule has 0 N–H and O–H groups in total. The van der Waals surface area contributed by atoms with Crippen molar-refractivity contribution in [1.82, 2.24) is 0 Å². The van der Waals surface area contributed by atoms with Crippen LogP contribution in [-0.4, -0.2) is 25.2 Å². The summed E-state index contributed by atoms with van der Waals surface area (Å²) in [6.07, 6.45) is 3.47. The topological polar surface area (TPSA) is 52.6 Å². The van der Waals surface area contributed by atoms with Crippen LogP contribution in [0, 0.1) is 11.3 Å². The fourth-order valence-electron chi connectivity index (χ4n) is 1.73. The third-order valence-electron chi connectivity index (χ3n) is 3.93. The van der Waals surface area contributed by atoms with Gasteiger partial charge in [-0.25, -0.2) is 0 Å². The second-order valence-electron chi connectivity index (χ2n) is 5.25. The fourth-order valence-corrected chi connectivity index (χ4v) is 1.73. The smallest absolute Gasteiger partial charge is 0.311 e. The largest absolute Gasteiger partial charge is 0.466 e. The van der Waals surface area contributed by atoms with E-state index in [1.54, 1.807) is 0 Å². The minimum absolute atomic E-state index is 0.0486. The molecule has 0 amide bonds. The number of carbonyl (C=O) groups excluding carboxylic acids is 2. The molecule has 0 aromatic heterocycles. The molecule has 0 heterocycles. The van der Waals surface area contributed by atoms with Crippen molar-refractivity contribution in [2.24, 2.45) is 11.3 Å². The maximum atomic E-state index is 11.3. The van der Waals surface area contributed by atoms with Crippen LogP contribution in [-0.2, 0) is 19.1 Å². The highest BCUT2D eigenvalue weighted by Gasteiger charge is 2.30. The molecule has 0 spiro atoms. The molecule has 0 fully saturated rings. The van der Waals surface area contributed by atoms with Crippen molar-refractivity contribution in [3.05, 3.63) is 0 Å². The van der Waals surface area contributed by atoms with Crippen molar-refractivity contribution in [2.75, 3.05) is 13.2 Å². The third-order valence-corrected chi connectivity index (χ3v) is 3.93. The molecule has 4 nitrogen and oxygen atoms in total. The number of esters is 2. The van der Waals surface area contributed by atoms with E-state index in [4.69, 9.17) is 9.47 Å². The van der Waals surface area contributed by atoms with Crippen molar-refractivity contribution in [3.8, 4) is 0 Å². The zero-order valence-corrected chi connectivity index (χ0v) is 15.0. The van der Waals surface area contributed by atoms with Crippen molar-refractivity contribution in [2.45, 2.75) is 74.1 Å². The van der Waals surface area contributed by atoms with E-state index in [2.05, 4.69) is 0 Å². The van der Waals surface area contributed by atoms with Crippen LogP contribution in [0.15, 0.2) is 0 Å². The lowest BCUT2D eigenvalue weighted by Gasteiger charge is -2.23. The predicted molar refractivity (Wildman–Crippen MR) is 86.0 cm³/mol. The first-order chi connectivity index (χ1) is 9.86. The summed E-state index contributed by atoms with van der Waals surface area (Å²) in [4.78, 5) is 22.3. The van der Waals surface area contributed by atoms with Gasteiger partial charge in [0.25, 0.3) is 0 Å². The average molecular weight is 302 g/mol. The minimum Gasteiger partial charge on any atom is -0.466 e. The SMILES string of the molecule is CCOC(=O)C(C)(CC)CC.CCOC(=O)C(CC)CC. The summed E-state index contributed by atoms with van der Waals surface area (Å²) in [7, 11) is 0. The van der Waals surface area contributed by atoms with Gasteiger partial charge in [-0.05, 0) is 46.5 Å². The van der Waals surface area contributed by atoms with Crippen LogP contribution >= 0.6 is 0 Å². The van der Waals surface area contributed by atoms with Crippen molar-refractivity contribution < 1.29 is 19.1 Å². The minimum atomic E-state index is -0.268. The third kappa shape index (κ3) is 8.74. The van der Waals surface area contributed by atoms with E-state index in [-0.39, 0.29) is 23.3 Å². The Hall–Kier alpha value is -1.06. The summed E-state index contributed by atoms with van der Waals surface area (Å²) in [5.74, 6) is -0.00236. The maximum absolute atomic E-state index is 11.3. The van der Waals surface area contributed by atoms with Crippen molar-refractivity contribution in [3.63, 3.8) is 0 Å². The van der Waals surface area contributed by atoms with E-state index < -0.39 is 0 Å². The summed E-state index contributed by atoms with van der Waals surface area (Å²) >= 11 is 0. The molecule has 0 atom stereocenters. The summed E-state index contributed by atoms with van der Waals surface area (Å²) in [5.41, 5.74) is -0.268. The molecule has 0 saturated carbocycles. The van der Waals surface area contributed by atoms with Gasteiger partial charge in [-0.15, -0.1) is 0 Å². The molecule has 4 heteroatoms. The molecule has 0 aliphatic heterocycles. The summed E-state index contributed by atoms with van der Waals surface area (Å²) in [6, 6.07) is 0. The second-order valence-corrected chi connectivity index (χ2v) is 5.25. The van der Waals surface area contributed by atoms with Gasteiger partial charge in [0, 0.05) is 0 Å². The number of rotatable bonds is 8. The highest BCUT2D eigenvalue weighted by molar-refractivity contribution is 5.76. The molecule has 0 aliphatic rings. The maximum Gasteiger partial charge on any atom is 0.311 e. The van der Waals surface area contributed by atoms with Gasteiger partial charge in [-0.2, -0.15) is 0 Å². The fraction of sp³-hybridized carbons (Fsp3) is 0.882. The molecular formula is C17H34O4. The first-order valence-electron chi connectivity index (χ1n) is 8.20. The van der Waals surface area contributed by atoms with Gasteiger partial charge in [0.2, 0.25) is 0 Å². The van der Waals surface area contributed by atoms with Crippen LogP contribution in [0.5, 0.6) is 0 Å². The van der Waals surface area contributed by atoms with Crippen LogP contribution in [0.2, 0.25) is 0 Å². The van der Waals surface area contributed by atoms with Crippen LogP contribution in [0.25, 0.3) is 0 Å². The van der Waals surface area contributed by atoms with E-state index in [9.17, 15) is 9.59 Å². The Labute approximate surface area is 130 Å². The van der Waals surface area contributed by atoms with Gasteiger partial charge < -0.3 is 9.47 Å². The van der Waals surface area contributed by atoms with E-state index in [1.165, 1.54) is 0 Å². The molecule has 21 heavy (non-hydrogen) atoms. The average Bonchev–Trinajstić information content (AvgIpc) is 2.49. The molecule has 126 valence electrons. The lowest BCUT2D eigenvalue weighted by Crippen LogP contribution is -2.28. The van der Waals surface area contributed by atoms with Crippen molar-refractivity contribution >= 4 is 11.9 Å². The van der Waals surface area contributed by atoms with Gasteiger partial charge >= 0.3 is 11.9 Å². The van der Waals surface area contributed by atoms with Crippen LogP contribution < -0.4 is 0 Å². The zero-order chi connectivity index (χ0) is 16.9. The zero-order valence-electron chi connectivity index (χ0n) is 15.0. The van der Waals surface area contributed by atoms with E-state index in [1.807, 2.05) is 48.5 Å². The molecule has 0 radical (unpaired) electrons. The number of carbonyl (C=O) groups is 2. The van der Waals surface area contributed by atoms with E-state index in [0.717, 1.165) is 25.7 Å². The molecule has 0 bridgehead atoms. The monoisotopic (exact) mass is 302 g/mol. The predicted octanol–water partition coefficient (Wildman–Crippen LogP) is 4.36. The molecule has 0 aromatic carbocycles. The lowest BCUT2D eigenvalue weighted by atomic mass is 9.85. The Kier molecular flexibility index (Phi) is 13.4. The quantitative estimate of drug-likeness (QED) is 0.625. The second kappa shape index (κ2) is 12.7. The lowest BCUT2D eigenvalue weighted by molar-refractivity contribution is -0.154.